The zero-order valence-electron chi connectivity index (χ0n) is 15.4. The first kappa shape index (κ1) is 26.1. The first-order valence-electron chi connectivity index (χ1n) is 7.63. The molecule has 0 saturated heterocycles. The number of aliphatic imine (C=N–C) groups is 2. The molecule has 0 heterocycles. The fourth-order valence-electron chi connectivity index (χ4n) is 2.46. The van der Waals surface area contributed by atoms with E-state index >= 15 is 0 Å². The number of rotatable bonds is 3. The van der Waals surface area contributed by atoms with Gasteiger partial charge in [0.05, 0.1) is 22.8 Å². The van der Waals surface area contributed by atoms with Crippen LogP contribution in [0.2, 0.25) is 0 Å². The van der Waals surface area contributed by atoms with Crippen molar-refractivity contribution in [2.45, 2.75) is 41.5 Å². The maximum absolute atomic E-state index is 4.80. The van der Waals surface area contributed by atoms with Gasteiger partial charge < -0.3 is 24.8 Å². The second-order valence-corrected chi connectivity index (χ2v) is 5.88. The minimum Gasteiger partial charge on any atom is -1.00 e. The van der Waals surface area contributed by atoms with Crippen molar-refractivity contribution >= 4 is 22.8 Å². The fourth-order valence-corrected chi connectivity index (χ4v) is 2.46. The van der Waals surface area contributed by atoms with Crippen LogP contribution in [0.15, 0.2) is 46.4 Å². The van der Waals surface area contributed by atoms with Gasteiger partial charge in [0.15, 0.2) is 0 Å². The molecule has 0 atom stereocenters. The SMILES string of the molecule is CC(=Nc1c(C)cccc1C)C(C)=Nc1c(C)cccc1C.[Cl-].[Cl-].[Ni+2]. The molecule has 2 aromatic rings. The summed E-state index contributed by atoms with van der Waals surface area (Å²) in [6, 6.07) is 12.5. The van der Waals surface area contributed by atoms with Crippen molar-refractivity contribution in [2.24, 2.45) is 9.98 Å². The van der Waals surface area contributed by atoms with Gasteiger partial charge in [-0.05, 0) is 63.8 Å². The molecule has 138 valence electrons. The van der Waals surface area contributed by atoms with E-state index in [2.05, 4.69) is 64.1 Å². The van der Waals surface area contributed by atoms with Gasteiger partial charge in [-0.3, -0.25) is 9.98 Å². The standard InChI is InChI=1S/C20H24N2.2ClH.Ni/c1-13-9-7-10-14(2)19(13)21-17(5)18(6)22-20-15(3)11-8-12-16(20)4;;;/h7-12H,1-6H3;2*1H;/q;;;+2/p-2. The van der Waals surface area contributed by atoms with Crippen LogP contribution in [0.4, 0.5) is 11.4 Å². The third-order valence-electron chi connectivity index (χ3n) is 3.96. The summed E-state index contributed by atoms with van der Waals surface area (Å²) >= 11 is 0. The Balaban J connectivity index is 0. The number of nitrogens with zero attached hydrogens (tertiary/aromatic N) is 2. The molecule has 2 aromatic carbocycles. The molecule has 0 N–H and O–H groups in total. The van der Waals surface area contributed by atoms with E-state index in [4.69, 9.17) is 9.98 Å². The van der Waals surface area contributed by atoms with Gasteiger partial charge in [0.25, 0.3) is 0 Å². The van der Waals surface area contributed by atoms with Crippen molar-refractivity contribution in [3.8, 4) is 0 Å². The van der Waals surface area contributed by atoms with Crippen molar-refractivity contribution in [1.29, 1.82) is 0 Å². The van der Waals surface area contributed by atoms with Crippen LogP contribution in [-0.2, 0) is 16.5 Å². The molecule has 0 fully saturated rings. The number of benzene rings is 2. The first-order chi connectivity index (χ1) is 10.4. The summed E-state index contributed by atoms with van der Waals surface area (Å²) in [5.74, 6) is 0. The largest absolute Gasteiger partial charge is 2.00 e. The maximum Gasteiger partial charge on any atom is 2.00 e. The van der Waals surface area contributed by atoms with Gasteiger partial charge in [0.1, 0.15) is 0 Å². The quantitative estimate of drug-likeness (QED) is 0.485. The van der Waals surface area contributed by atoms with Gasteiger partial charge in [-0.15, -0.1) is 0 Å². The van der Waals surface area contributed by atoms with Crippen molar-refractivity contribution in [3.63, 3.8) is 0 Å². The molecule has 0 unspecified atom stereocenters. The Kier molecular flexibility index (Phi) is 12.0. The Morgan fingerprint density at radius 1 is 0.600 bits per heavy atom. The zero-order valence-corrected chi connectivity index (χ0v) is 17.9. The molecular formula is C20H24Cl2N2Ni. The number of halogens is 2. The van der Waals surface area contributed by atoms with Crippen LogP contribution in [-0.4, -0.2) is 11.4 Å². The molecule has 0 radical (unpaired) electrons. The van der Waals surface area contributed by atoms with E-state index in [9.17, 15) is 0 Å². The Labute approximate surface area is 174 Å². The molecule has 25 heavy (non-hydrogen) atoms. The van der Waals surface area contributed by atoms with Gasteiger partial charge in [-0.25, -0.2) is 0 Å². The van der Waals surface area contributed by atoms with Crippen molar-refractivity contribution in [3.05, 3.63) is 58.7 Å². The van der Waals surface area contributed by atoms with E-state index in [-0.39, 0.29) is 41.3 Å². The van der Waals surface area contributed by atoms with Crippen LogP contribution >= 0.6 is 0 Å². The average molecular weight is 422 g/mol. The van der Waals surface area contributed by atoms with Crippen LogP contribution in [0.25, 0.3) is 0 Å². The summed E-state index contributed by atoms with van der Waals surface area (Å²) in [5.41, 5.74) is 8.80. The van der Waals surface area contributed by atoms with Crippen LogP contribution in [0.5, 0.6) is 0 Å². The second kappa shape index (κ2) is 11.5. The third kappa shape index (κ3) is 6.58. The number of para-hydroxylation sites is 2. The molecule has 5 heteroatoms. The Morgan fingerprint density at radius 3 is 1.08 bits per heavy atom. The first-order valence-corrected chi connectivity index (χ1v) is 7.63. The minimum atomic E-state index is 0. The Hall–Kier alpha value is -1.15. The van der Waals surface area contributed by atoms with E-state index in [1.165, 1.54) is 22.3 Å². The summed E-state index contributed by atoms with van der Waals surface area (Å²) < 4.78 is 0. The monoisotopic (exact) mass is 420 g/mol. The van der Waals surface area contributed by atoms with Gasteiger partial charge in [0.2, 0.25) is 0 Å². The van der Waals surface area contributed by atoms with Crippen molar-refractivity contribution in [1.82, 2.24) is 0 Å². The molecule has 0 bridgehead atoms. The summed E-state index contributed by atoms with van der Waals surface area (Å²) in [5, 5.41) is 0. The minimum absolute atomic E-state index is 0. The van der Waals surface area contributed by atoms with E-state index in [0.717, 1.165) is 22.8 Å². The smallest absolute Gasteiger partial charge is 1.00 e. The van der Waals surface area contributed by atoms with Gasteiger partial charge in [-0.2, -0.15) is 0 Å². The van der Waals surface area contributed by atoms with Gasteiger partial charge in [0, 0.05) is 0 Å². The average Bonchev–Trinajstić information content (AvgIpc) is 2.46. The van der Waals surface area contributed by atoms with E-state index in [0.29, 0.717) is 0 Å². The van der Waals surface area contributed by atoms with Crippen LogP contribution in [0.3, 0.4) is 0 Å². The summed E-state index contributed by atoms with van der Waals surface area (Å²) in [6.07, 6.45) is 0. The molecule has 2 nitrogen and oxygen atoms in total. The fraction of sp³-hybridized carbons (Fsp3) is 0.300. The molecule has 0 aliphatic carbocycles. The molecular weight excluding hydrogens is 398 g/mol. The summed E-state index contributed by atoms with van der Waals surface area (Å²) in [6.45, 7) is 12.4. The van der Waals surface area contributed by atoms with Gasteiger partial charge in [-0.1, -0.05) is 36.4 Å². The predicted molar refractivity (Wildman–Crippen MR) is 97.4 cm³/mol. The number of aryl methyl sites for hydroxylation is 4. The predicted octanol–water partition coefficient (Wildman–Crippen LogP) is -0.189. The van der Waals surface area contributed by atoms with Crippen LogP contribution in [0, 0.1) is 27.7 Å². The Bertz CT molecular complexity index is 662. The second-order valence-electron chi connectivity index (χ2n) is 5.88. The normalized spacial score (nSPS) is 11.1. The van der Waals surface area contributed by atoms with Crippen molar-refractivity contribution in [2.75, 3.05) is 0 Å². The molecule has 0 saturated carbocycles. The Morgan fingerprint density at radius 2 is 0.840 bits per heavy atom. The van der Waals surface area contributed by atoms with Crippen molar-refractivity contribution < 1.29 is 41.3 Å². The summed E-state index contributed by atoms with van der Waals surface area (Å²) in [7, 11) is 0. The maximum atomic E-state index is 4.80. The van der Waals surface area contributed by atoms with E-state index in [1.807, 2.05) is 13.8 Å². The number of hydrogen-bond donors (Lipinski definition) is 0. The topological polar surface area (TPSA) is 24.7 Å². The molecule has 0 amide bonds. The molecule has 2 rings (SSSR count). The molecule has 0 spiro atoms. The van der Waals surface area contributed by atoms with Gasteiger partial charge >= 0.3 is 16.5 Å². The van der Waals surface area contributed by atoms with E-state index in [1.54, 1.807) is 0 Å². The molecule has 0 aromatic heterocycles. The zero-order chi connectivity index (χ0) is 16.3. The third-order valence-corrected chi connectivity index (χ3v) is 3.96. The van der Waals surface area contributed by atoms with E-state index < -0.39 is 0 Å². The van der Waals surface area contributed by atoms with Crippen LogP contribution < -0.4 is 24.8 Å². The summed E-state index contributed by atoms with van der Waals surface area (Å²) in [4.78, 5) is 9.60. The molecule has 0 aliphatic heterocycles. The number of hydrogen-bond acceptors (Lipinski definition) is 2. The van der Waals surface area contributed by atoms with Crippen LogP contribution in [0.1, 0.15) is 36.1 Å². The molecule has 0 aliphatic rings.